The van der Waals surface area contributed by atoms with Crippen molar-refractivity contribution in [3.8, 4) is 11.5 Å². The van der Waals surface area contributed by atoms with Crippen molar-refractivity contribution < 1.29 is 22.0 Å². The van der Waals surface area contributed by atoms with Gasteiger partial charge in [0.05, 0.1) is 35.1 Å². The summed E-state index contributed by atoms with van der Waals surface area (Å²) in [5, 5.41) is 18.6. The van der Waals surface area contributed by atoms with Gasteiger partial charge in [0.15, 0.2) is 17.5 Å². The standard InChI is InChI=1S/C19H16F4N8O/c1-19(2,12-6-4-10(24)7-25-12)18-28-30-31(29-18)8-9-3-5-11(14(21)13(9)20)16-26-27-17(32-16)15(22)23/h3-7,15H,8,24H2,1-2H3. The molecule has 1 aromatic carbocycles. The number of nitrogens with zero attached hydrogens (tertiary/aromatic N) is 7. The Morgan fingerprint density at radius 1 is 1.06 bits per heavy atom. The van der Waals surface area contributed by atoms with Crippen molar-refractivity contribution >= 4 is 5.69 Å². The number of aromatic nitrogens is 7. The van der Waals surface area contributed by atoms with Gasteiger partial charge in [-0.2, -0.15) is 13.6 Å². The number of rotatable bonds is 6. The molecule has 0 spiro atoms. The average molecular weight is 448 g/mol. The van der Waals surface area contributed by atoms with Gasteiger partial charge in [-0.15, -0.1) is 20.4 Å². The van der Waals surface area contributed by atoms with E-state index < -0.39 is 40.8 Å². The van der Waals surface area contributed by atoms with E-state index in [9.17, 15) is 17.6 Å². The highest BCUT2D eigenvalue weighted by atomic mass is 19.3. The minimum Gasteiger partial charge on any atom is -0.415 e. The van der Waals surface area contributed by atoms with E-state index >= 15 is 0 Å². The van der Waals surface area contributed by atoms with Crippen LogP contribution in [-0.2, 0) is 12.0 Å². The summed E-state index contributed by atoms with van der Waals surface area (Å²) in [6, 6.07) is 5.83. The fourth-order valence-electron chi connectivity index (χ4n) is 2.91. The molecule has 0 aliphatic carbocycles. The Balaban J connectivity index is 1.58. The van der Waals surface area contributed by atoms with Gasteiger partial charge < -0.3 is 10.2 Å². The van der Waals surface area contributed by atoms with E-state index in [0.717, 1.165) is 10.9 Å². The van der Waals surface area contributed by atoms with Crippen LogP contribution in [0.15, 0.2) is 34.9 Å². The zero-order chi connectivity index (χ0) is 23.0. The van der Waals surface area contributed by atoms with Crippen molar-refractivity contribution in [3.63, 3.8) is 0 Å². The number of pyridine rings is 1. The molecule has 0 amide bonds. The molecule has 0 bridgehead atoms. The first-order chi connectivity index (χ1) is 15.2. The van der Waals surface area contributed by atoms with Gasteiger partial charge in [-0.3, -0.25) is 4.98 Å². The van der Waals surface area contributed by atoms with Crippen LogP contribution in [0.25, 0.3) is 11.5 Å². The molecule has 3 heterocycles. The predicted molar refractivity (Wildman–Crippen MR) is 102 cm³/mol. The summed E-state index contributed by atoms with van der Waals surface area (Å²) in [5.41, 5.74) is 5.57. The van der Waals surface area contributed by atoms with Crippen LogP contribution in [-0.4, -0.2) is 35.4 Å². The fraction of sp³-hybridized carbons (Fsp3) is 0.263. The van der Waals surface area contributed by atoms with Gasteiger partial charge in [-0.05, 0) is 37.3 Å². The van der Waals surface area contributed by atoms with Crippen LogP contribution in [0.4, 0.5) is 23.2 Å². The lowest BCUT2D eigenvalue weighted by molar-refractivity contribution is 0.116. The predicted octanol–water partition coefficient (Wildman–Crippen LogP) is 3.29. The second kappa shape index (κ2) is 7.98. The lowest BCUT2D eigenvalue weighted by atomic mass is 9.88. The first kappa shape index (κ1) is 21.3. The van der Waals surface area contributed by atoms with E-state index in [1.54, 1.807) is 12.1 Å². The van der Waals surface area contributed by atoms with Crippen LogP contribution in [0, 0.1) is 11.6 Å². The van der Waals surface area contributed by atoms with Gasteiger partial charge in [0.2, 0.25) is 0 Å². The third-order valence-corrected chi connectivity index (χ3v) is 4.77. The second-order valence-corrected chi connectivity index (χ2v) is 7.39. The third kappa shape index (κ3) is 3.88. The maximum absolute atomic E-state index is 14.6. The largest absolute Gasteiger partial charge is 0.415 e. The number of anilines is 1. The molecule has 0 aliphatic heterocycles. The molecule has 0 unspecified atom stereocenters. The Morgan fingerprint density at radius 2 is 1.84 bits per heavy atom. The molecule has 2 N–H and O–H groups in total. The van der Waals surface area contributed by atoms with Crippen molar-refractivity contribution in [1.29, 1.82) is 0 Å². The van der Waals surface area contributed by atoms with Crippen molar-refractivity contribution in [2.45, 2.75) is 32.2 Å². The number of hydrogen-bond donors (Lipinski definition) is 1. The zero-order valence-electron chi connectivity index (χ0n) is 16.8. The van der Waals surface area contributed by atoms with Gasteiger partial charge in [-0.1, -0.05) is 6.07 Å². The highest BCUT2D eigenvalue weighted by Gasteiger charge is 2.30. The number of halogens is 4. The third-order valence-electron chi connectivity index (χ3n) is 4.77. The summed E-state index contributed by atoms with van der Waals surface area (Å²) in [6.45, 7) is 3.44. The number of nitrogen functional groups attached to an aromatic ring is 1. The van der Waals surface area contributed by atoms with Crippen LogP contribution in [0.2, 0.25) is 0 Å². The SMILES string of the molecule is CC(C)(c1ccc(N)cn1)c1nnn(Cc2ccc(-c3nnc(C(F)F)o3)c(F)c2F)n1. The topological polar surface area (TPSA) is 121 Å². The molecule has 0 fully saturated rings. The molecule has 0 atom stereocenters. The van der Waals surface area contributed by atoms with E-state index in [-0.39, 0.29) is 12.1 Å². The van der Waals surface area contributed by atoms with Crippen LogP contribution < -0.4 is 5.73 Å². The molecule has 4 aromatic rings. The van der Waals surface area contributed by atoms with Crippen molar-refractivity contribution in [3.05, 3.63) is 65.1 Å². The Labute approximate surface area is 178 Å². The van der Waals surface area contributed by atoms with E-state index in [4.69, 9.17) is 5.73 Å². The molecule has 0 saturated heterocycles. The second-order valence-electron chi connectivity index (χ2n) is 7.39. The molecular formula is C19H16F4N8O. The average Bonchev–Trinajstić information content (AvgIpc) is 3.42. The molecule has 166 valence electrons. The summed E-state index contributed by atoms with van der Waals surface area (Å²) in [4.78, 5) is 5.38. The van der Waals surface area contributed by atoms with Gasteiger partial charge >= 0.3 is 6.43 Å². The molecule has 0 saturated carbocycles. The smallest absolute Gasteiger partial charge is 0.314 e. The van der Waals surface area contributed by atoms with Gasteiger partial charge in [-0.25, -0.2) is 8.78 Å². The lowest BCUT2D eigenvalue weighted by Crippen LogP contribution is -2.23. The van der Waals surface area contributed by atoms with E-state index in [1.807, 2.05) is 13.8 Å². The van der Waals surface area contributed by atoms with E-state index in [2.05, 4.69) is 35.0 Å². The number of hydrogen-bond acceptors (Lipinski definition) is 8. The van der Waals surface area contributed by atoms with Crippen molar-refractivity contribution in [2.75, 3.05) is 5.73 Å². The highest BCUT2D eigenvalue weighted by Crippen LogP contribution is 2.29. The summed E-state index contributed by atoms with van der Waals surface area (Å²) in [7, 11) is 0. The number of alkyl halides is 2. The first-order valence-electron chi connectivity index (χ1n) is 9.26. The molecule has 4 rings (SSSR count). The summed E-state index contributed by atoms with van der Waals surface area (Å²) >= 11 is 0. The summed E-state index contributed by atoms with van der Waals surface area (Å²) < 4.78 is 59.0. The zero-order valence-corrected chi connectivity index (χ0v) is 16.8. The minimum absolute atomic E-state index is 0.0905. The Kier molecular flexibility index (Phi) is 5.32. The molecular weight excluding hydrogens is 432 g/mol. The quantitative estimate of drug-likeness (QED) is 0.446. The van der Waals surface area contributed by atoms with Gasteiger partial charge in [0.1, 0.15) is 0 Å². The summed E-state index contributed by atoms with van der Waals surface area (Å²) in [6.07, 6.45) is -1.52. The molecule has 13 heteroatoms. The van der Waals surface area contributed by atoms with E-state index in [1.165, 1.54) is 12.3 Å². The van der Waals surface area contributed by atoms with Gasteiger partial charge in [0.25, 0.3) is 11.8 Å². The van der Waals surface area contributed by atoms with Crippen LogP contribution in [0.3, 0.4) is 0 Å². The monoisotopic (exact) mass is 448 g/mol. The molecule has 3 aromatic heterocycles. The first-order valence-corrected chi connectivity index (χ1v) is 9.26. The minimum atomic E-state index is -3.02. The van der Waals surface area contributed by atoms with Gasteiger partial charge in [0, 0.05) is 5.56 Å². The van der Waals surface area contributed by atoms with Crippen LogP contribution in [0.1, 0.15) is 43.2 Å². The van der Waals surface area contributed by atoms with E-state index in [0.29, 0.717) is 17.2 Å². The van der Waals surface area contributed by atoms with Crippen LogP contribution >= 0.6 is 0 Å². The Morgan fingerprint density at radius 3 is 2.50 bits per heavy atom. The van der Waals surface area contributed by atoms with Crippen molar-refractivity contribution in [2.24, 2.45) is 0 Å². The molecule has 0 radical (unpaired) electrons. The number of tetrazole rings is 1. The van der Waals surface area contributed by atoms with Crippen LogP contribution in [0.5, 0.6) is 0 Å². The Bertz CT molecular complexity index is 1250. The summed E-state index contributed by atoms with van der Waals surface area (Å²) in [5.74, 6) is -3.77. The number of nitrogens with two attached hydrogens (primary N) is 1. The fourth-order valence-corrected chi connectivity index (χ4v) is 2.91. The number of benzene rings is 1. The van der Waals surface area contributed by atoms with Crippen molar-refractivity contribution in [1.82, 2.24) is 35.4 Å². The maximum atomic E-state index is 14.6. The normalized spacial score (nSPS) is 12.0. The highest BCUT2D eigenvalue weighted by molar-refractivity contribution is 5.54. The Hall–Kier alpha value is -3.90. The molecule has 9 nitrogen and oxygen atoms in total. The molecule has 32 heavy (non-hydrogen) atoms. The molecule has 0 aliphatic rings. The maximum Gasteiger partial charge on any atom is 0.314 e. The lowest BCUT2D eigenvalue weighted by Gasteiger charge is -2.19.